The fourth-order valence-electron chi connectivity index (χ4n) is 1.44. The van der Waals surface area contributed by atoms with Crippen LogP contribution in [-0.2, 0) is 11.2 Å². The van der Waals surface area contributed by atoms with Crippen molar-refractivity contribution < 1.29 is 19.5 Å². The Kier molecular flexibility index (Phi) is 5.28. The molecule has 0 aliphatic rings. The molecule has 0 heterocycles. The van der Waals surface area contributed by atoms with E-state index in [9.17, 15) is 9.59 Å². The molecule has 0 bridgehead atoms. The molecule has 0 unspecified atom stereocenters. The molecule has 1 rings (SSSR count). The molecular weight excluding hydrogens is 234 g/mol. The lowest BCUT2D eigenvalue weighted by atomic mass is 10.1. The molecule has 18 heavy (non-hydrogen) atoms. The van der Waals surface area contributed by atoms with Gasteiger partial charge in [0, 0.05) is 6.54 Å². The lowest BCUT2D eigenvalue weighted by Crippen LogP contribution is -2.36. The fourth-order valence-corrected chi connectivity index (χ4v) is 1.44. The maximum absolute atomic E-state index is 11.2. The zero-order valence-electron chi connectivity index (χ0n) is 9.69. The maximum Gasteiger partial charge on any atom is 0.407 e. The van der Waals surface area contributed by atoms with Crippen molar-refractivity contribution in [3.63, 3.8) is 0 Å². The quantitative estimate of drug-likeness (QED) is 0.463. The number of hydrogen-bond acceptors (Lipinski definition) is 2. The van der Waals surface area contributed by atoms with Crippen LogP contribution in [0, 0.1) is 0 Å². The molecule has 0 aromatic heterocycles. The number of carboxylic acid groups (broad SMARTS) is 1. The third-order valence-electron chi connectivity index (χ3n) is 2.33. The molecule has 0 aliphatic carbocycles. The fraction of sp³-hybridized carbons (Fsp3) is 0.250. The molecule has 0 aliphatic heterocycles. The zero-order valence-corrected chi connectivity index (χ0v) is 9.69. The summed E-state index contributed by atoms with van der Waals surface area (Å²) in [5.41, 5.74) is 9.17. The summed E-state index contributed by atoms with van der Waals surface area (Å²) in [7, 11) is 0. The van der Waals surface area contributed by atoms with Crippen molar-refractivity contribution in [2.24, 2.45) is 0 Å². The van der Waals surface area contributed by atoms with Gasteiger partial charge in [0.15, 0.2) is 0 Å². The summed E-state index contributed by atoms with van der Waals surface area (Å²) in [6.45, 7) is -0.101. The maximum atomic E-state index is 11.2. The number of carbonyl (C=O) groups is 2. The minimum atomic E-state index is -1.18. The molecule has 0 saturated carbocycles. The Morgan fingerprint density at radius 2 is 2.00 bits per heavy atom. The highest BCUT2D eigenvalue weighted by Crippen LogP contribution is 2.01. The van der Waals surface area contributed by atoms with E-state index in [1.807, 2.05) is 30.3 Å². The average Bonchev–Trinajstić information content (AvgIpc) is 2.35. The molecule has 6 nitrogen and oxygen atoms in total. The number of carbonyl (C=O) groups excluding carboxylic acids is 1. The first-order valence-corrected chi connectivity index (χ1v) is 5.35. The van der Waals surface area contributed by atoms with Crippen LogP contribution in [0.4, 0.5) is 4.79 Å². The van der Waals surface area contributed by atoms with Crippen LogP contribution in [0.5, 0.6) is 0 Å². The van der Waals surface area contributed by atoms with Gasteiger partial charge in [-0.3, -0.25) is 4.79 Å². The van der Waals surface area contributed by atoms with Gasteiger partial charge in [-0.05, 0) is 12.0 Å². The Labute approximate surface area is 104 Å². The van der Waals surface area contributed by atoms with Gasteiger partial charge < -0.3 is 15.5 Å². The second-order valence-electron chi connectivity index (χ2n) is 3.65. The summed E-state index contributed by atoms with van der Waals surface area (Å²) in [6, 6.07) is 9.38. The lowest BCUT2D eigenvalue weighted by Gasteiger charge is -2.16. The van der Waals surface area contributed by atoms with Crippen molar-refractivity contribution in [2.75, 3.05) is 13.1 Å². The third-order valence-corrected chi connectivity index (χ3v) is 2.33. The SMILES string of the molecule is [N-]=[N+]=CC(=O)CN(CCc1ccccc1)C(=O)O. The molecular formula is C12H13N3O3. The van der Waals surface area contributed by atoms with E-state index in [1.54, 1.807) is 0 Å². The summed E-state index contributed by atoms with van der Waals surface area (Å²) < 4.78 is 0. The van der Waals surface area contributed by atoms with Crippen LogP contribution >= 0.6 is 0 Å². The van der Waals surface area contributed by atoms with Gasteiger partial charge in [-0.1, -0.05) is 30.3 Å². The van der Waals surface area contributed by atoms with Crippen molar-refractivity contribution in [1.82, 2.24) is 4.90 Å². The van der Waals surface area contributed by atoms with E-state index < -0.39 is 11.9 Å². The van der Waals surface area contributed by atoms with E-state index in [-0.39, 0.29) is 13.1 Å². The summed E-state index contributed by atoms with van der Waals surface area (Å²) in [6.07, 6.45) is 0.0421. The topological polar surface area (TPSA) is 94.0 Å². The van der Waals surface area contributed by atoms with Crippen LogP contribution in [-0.4, -0.2) is 46.0 Å². The minimum absolute atomic E-state index is 0.213. The largest absolute Gasteiger partial charge is 0.465 e. The van der Waals surface area contributed by atoms with Gasteiger partial charge in [-0.25, -0.2) is 4.79 Å². The highest BCUT2D eigenvalue weighted by Gasteiger charge is 2.16. The Bertz CT molecular complexity index is 467. The monoisotopic (exact) mass is 247 g/mol. The van der Waals surface area contributed by atoms with Crippen LogP contribution < -0.4 is 0 Å². The molecule has 1 amide bonds. The normalized spacial score (nSPS) is 9.33. The first-order valence-electron chi connectivity index (χ1n) is 5.35. The first kappa shape index (κ1) is 13.6. The van der Waals surface area contributed by atoms with Crippen LogP contribution in [0.25, 0.3) is 5.53 Å². The molecule has 0 spiro atoms. The number of nitrogens with zero attached hydrogens (tertiary/aromatic N) is 3. The number of Topliss-reactive ketones (excluding diaryl/α,β-unsaturated/α-hetero) is 1. The summed E-state index contributed by atoms with van der Waals surface area (Å²) in [5, 5.41) is 8.94. The minimum Gasteiger partial charge on any atom is -0.465 e. The Hall–Kier alpha value is -2.46. The molecule has 0 radical (unpaired) electrons. The van der Waals surface area contributed by atoms with Crippen LogP contribution in [0.2, 0.25) is 0 Å². The molecule has 94 valence electrons. The van der Waals surface area contributed by atoms with E-state index in [4.69, 9.17) is 10.6 Å². The average molecular weight is 247 g/mol. The van der Waals surface area contributed by atoms with Crippen LogP contribution in [0.3, 0.4) is 0 Å². The molecule has 1 aromatic carbocycles. The number of benzene rings is 1. The van der Waals surface area contributed by atoms with Crippen molar-refractivity contribution in [2.45, 2.75) is 6.42 Å². The highest BCUT2D eigenvalue weighted by atomic mass is 16.4. The Morgan fingerprint density at radius 3 is 2.56 bits per heavy atom. The molecule has 6 heteroatoms. The first-order chi connectivity index (χ1) is 8.63. The standard InChI is InChI=1S/C12H13N3O3/c13-14-8-11(16)9-15(12(17)18)7-6-10-4-2-1-3-5-10/h1-5,8H,6-7,9H2,(H,17,18). The lowest BCUT2D eigenvalue weighted by molar-refractivity contribution is -0.116. The number of rotatable bonds is 6. The smallest absolute Gasteiger partial charge is 0.407 e. The van der Waals surface area contributed by atoms with Gasteiger partial charge in [0.25, 0.3) is 5.78 Å². The molecule has 1 N–H and O–H groups in total. The van der Waals surface area contributed by atoms with Crippen molar-refractivity contribution in [3.05, 3.63) is 41.4 Å². The zero-order chi connectivity index (χ0) is 13.4. The van der Waals surface area contributed by atoms with E-state index in [2.05, 4.69) is 4.79 Å². The van der Waals surface area contributed by atoms with Gasteiger partial charge in [0.1, 0.15) is 0 Å². The molecule has 0 atom stereocenters. The highest BCUT2D eigenvalue weighted by molar-refractivity contribution is 6.26. The van der Waals surface area contributed by atoms with Crippen molar-refractivity contribution in [1.29, 1.82) is 0 Å². The second kappa shape index (κ2) is 6.98. The van der Waals surface area contributed by atoms with Crippen LogP contribution in [0.1, 0.15) is 5.56 Å². The summed E-state index contributed by atoms with van der Waals surface area (Å²) >= 11 is 0. The summed E-state index contributed by atoms with van der Waals surface area (Å²) in [4.78, 5) is 25.6. The molecule has 1 aromatic rings. The van der Waals surface area contributed by atoms with Crippen LogP contribution in [0.15, 0.2) is 30.3 Å². The van der Waals surface area contributed by atoms with E-state index in [0.29, 0.717) is 12.6 Å². The van der Waals surface area contributed by atoms with Crippen molar-refractivity contribution >= 4 is 18.1 Å². The van der Waals surface area contributed by atoms with Gasteiger partial charge in [-0.2, -0.15) is 4.79 Å². The predicted molar refractivity (Wildman–Crippen MR) is 64.4 cm³/mol. The van der Waals surface area contributed by atoms with Gasteiger partial charge in [0.05, 0.1) is 6.54 Å². The van der Waals surface area contributed by atoms with Gasteiger partial charge in [-0.15, -0.1) is 0 Å². The Balaban J connectivity index is 2.56. The number of amides is 1. The van der Waals surface area contributed by atoms with Crippen molar-refractivity contribution in [3.8, 4) is 0 Å². The van der Waals surface area contributed by atoms with Gasteiger partial charge in [0.2, 0.25) is 0 Å². The number of ketones is 1. The van der Waals surface area contributed by atoms with E-state index in [1.165, 1.54) is 0 Å². The Morgan fingerprint density at radius 1 is 1.33 bits per heavy atom. The third kappa shape index (κ3) is 4.59. The molecule has 0 saturated heterocycles. The van der Waals surface area contributed by atoms with Gasteiger partial charge >= 0.3 is 12.3 Å². The van der Waals surface area contributed by atoms with E-state index >= 15 is 0 Å². The number of hydrogen-bond donors (Lipinski definition) is 1. The molecule has 0 fully saturated rings. The second-order valence-corrected chi connectivity index (χ2v) is 3.65. The summed E-state index contributed by atoms with van der Waals surface area (Å²) in [5.74, 6) is -0.562. The van der Waals surface area contributed by atoms with E-state index in [0.717, 1.165) is 10.5 Å². The predicted octanol–water partition coefficient (Wildman–Crippen LogP) is 1.08.